The third-order valence-corrected chi connectivity index (χ3v) is 4.29. The molecule has 0 fully saturated rings. The number of pyridine rings is 1. The van der Waals surface area contributed by atoms with Gasteiger partial charge in [0.05, 0.1) is 18.9 Å². The largest absolute Gasteiger partial charge is 0.493 e. The summed E-state index contributed by atoms with van der Waals surface area (Å²) >= 11 is 0. The van der Waals surface area contributed by atoms with Gasteiger partial charge in [0.1, 0.15) is 0 Å². The van der Waals surface area contributed by atoms with Crippen molar-refractivity contribution >= 4 is 18.1 Å². The van der Waals surface area contributed by atoms with Gasteiger partial charge in [-0.05, 0) is 60.0 Å². The number of benzene rings is 2. The number of methoxy groups -OCH3 is 1. The van der Waals surface area contributed by atoms with Crippen molar-refractivity contribution in [1.82, 2.24) is 10.4 Å². The van der Waals surface area contributed by atoms with Gasteiger partial charge >= 0.3 is 5.97 Å². The smallest absolute Gasteiger partial charge is 0.345 e. The molecule has 0 spiro atoms. The fourth-order valence-electron chi connectivity index (χ4n) is 2.61. The fraction of sp³-hybridized carbons (Fsp3) is 0.130. The number of nitrogens with one attached hydrogen (secondary N) is 1. The number of rotatable bonds is 7. The molecule has 7 nitrogen and oxygen atoms in total. The number of nitrogens with zero attached hydrogens (tertiary/aromatic N) is 2. The first kappa shape index (κ1) is 20.7. The Bertz CT molecular complexity index is 1050. The average molecular weight is 403 g/mol. The van der Waals surface area contributed by atoms with Gasteiger partial charge in [0.25, 0.3) is 5.91 Å². The van der Waals surface area contributed by atoms with Crippen molar-refractivity contribution in [2.45, 2.75) is 13.3 Å². The lowest BCUT2D eigenvalue weighted by Gasteiger charge is -2.09. The second kappa shape index (κ2) is 9.97. The van der Waals surface area contributed by atoms with Crippen molar-refractivity contribution in [1.29, 1.82) is 0 Å². The topological polar surface area (TPSA) is 89.9 Å². The van der Waals surface area contributed by atoms with Gasteiger partial charge < -0.3 is 9.47 Å². The third kappa shape index (κ3) is 5.29. The normalized spacial score (nSPS) is 10.6. The highest BCUT2D eigenvalue weighted by atomic mass is 16.6. The standard InChI is InChI=1S/C23H21N3O4/c1-3-16-6-9-18(10-7-16)22(27)26-25-14-17-8-11-20(21(13-17)29-2)30-23(28)19-5-4-12-24-15-19/h4-15H,3H2,1-2H3,(H,26,27)/b25-14-. The molecule has 0 aliphatic carbocycles. The first-order valence-corrected chi connectivity index (χ1v) is 9.33. The lowest BCUT2D eigenvalue weighted by molar-refractivity contribution is 0.0729. The molecule has 3 rings (SSSR count). The van der Waals surface area contributed by atoms with Crippen LogP contribution in [-0.2, 0) is 6.42 Å². The number of amides is 1. The number of carbonyl (C=O) groups is 2. The number of aromatic nitrogens is 1. The molecule has 0 saturated carbocycles. The molecule has 0 saturated heterocycles. The molecule has 152 valence electrons. The summed E-state index contributed by atoms with van der Waals surface area (Å²) < 4.78 is 10.7. The zero-order chi connectivity index (χ0) is 21.3. The minimum absolute atomic E-state index is 0.267. The maximum atomic E-state index is 12.2. The molecule has 0 bridgehead atoms. The van der Waals surface area contributed by atoms with Gasteiger partial charge in [0, 0.05) is 18.0 Å². The molecule has 0 atom stereocenters. The van der Waals surface area contributed by atoms with Gasteiger partial charge in [0.2, 0.25) is 0 Å². The Labute approximate surface area is 174 Å². The van der Waals surface area contributed by atoms with Crippen LogP contribution in [0.5, 0.6) is 11.5 Å². The minimum Gasteiger partial charge on any atom is -0.493 e. The van der Waals surface area contributed by atoms with Crippen LogP contribution >= 0.6 is 0 Å². The molecule has 0 unspecified atom stereocenters. The second-order valence-corrected chi connectivity index (χ2v) is 6.29. The SMILES string of the molecule is CCc1ccc(C(=O)N/N=C\c2ccc(OC(=O)c3cccnc3)c(OC)c2)cc1. The van der Waals surface area contributed by atoms with E-state index >= 15 is 0 Å². The maximum absolute atomic E-state index is 12.2. The minimum atomic E-state index is -0.538. The van der Waals surface area contributed by atoms with Gasteiger partial charge in [-0.2, -0.15) is 5.10 Å². The van der Waals surface area contributed by atoms with Crippen molar-refractivity contribution in [2.24, 2.45) is 5.10 Å². The second-order valence-electron chi connectivity index (χ2n) is 6.29. The molecule has 0 radical (unpaired) electrons. The van der Waals surface area contributed by atoms with E-state index in [9.17, 15) is 9.59 Å². The van der Waals surface area contributed by atoms with Crippen molar-refractivity contribution in [3.63, 3.8) is 0 Å². The highest BCUT2D eigenvalue weighted by Crippen LogP contribution is 2.28. The van der Waals surface area contributed by atoms with Crippen LogP contribution in [0.25, 0.3) is 0 Å². The monoisotopic (exact) mass is 403 g/mol. The number of hydrogen-bond acceptors (Lipinski definition) is 6. The van der Waals surface area contributed by atoms with E-state index in [4.69, 9.17) is 9.47 Å². The van der Waals surface area contributed by atoms with Crippen molar-refractivity contribution in [2.75, 3.05) is 7.11 Å². The van der Waals surface area contributed by atoms with Crippen LogP contribution in [-0.4, -0.2) is 30.2 Å². The summed E-state index contributed by atoms with van der Waals surface area (Å²) in [6, 6.07) is 15.6. The molecular formula is C23H21N3O4. The van der Waals surface area contributed by atoms with E-state index in [2.05, 4.69) is 22.4 Å². The molecule has 1 amide bonds. The molecule has 1 heterocycles. The van der Waals surface area contributed by atoms with E-state index in [-0.39, 0.29) is 11.7 Å². The Morgan fingerprint density at radius 2 is 1.87 bits per heavy atom. The zero-order valence-electron chi connectivity index (χ0n) is 16.7. The van der Waals surface area contributed by atoms with E-state index < -0.39 is 5.97 Å². The predicted octanol–water partition coefficient (Wildman–Crippen LogP) is 3.64. The summed E-state index contributed by atoms with van der Waals surface area (Å²) in [5.41, 5.74) is 5.17. The first-order valence-electron chi connectivity index (χ1n) is 9.33. The van der Waals surface area contributed by atoms with Gasteiger partial charge in [0.15, 0.2) is 11.5 Å². The first-order chi connectivity index (χ1) is 14.6. The number of hydrazone groups is 1. The Balaban J connectivity index is 1.65. The quantitative estimate of drug-likeness (QED) is 0.282. The lowest BCUT2D eigenvalue weighted by Crippen LogP contribution is -2.17. The van der Waals surface area contributed by atoms with Gasteiger partial charge in [-0.25, -0.2) is 10.2 Å². The van der Waals surface area contributed by atoms with Crippen LogP contribution in [0.3, 0.4) is 0 Å². The summed E-state index contributed by atoms with van der Waals surface area (Å²) in [6.07, 6.45) is 5.39. The highest BCUT2D eigenvalue weighted by Gasteiger charge is 2.13. The average Bonchev–Trinajstić information content (AvgIpc) is 2.80. The summed E-state index contributed by atoms with van der Waals surface area (Å²) in [5, 5.41) is 3.98. The molecule has 7 heteroatoms. The van der Waals surface area contributed by atoms with E-state index in [1.165, 1.54) is 19.5 Å². The Hall–Kier alpha value is -4.00. The Kier molecular flexibility index (Phi) is 6.89. The van der Waals surface area contributed by atoms with Gasteiger partial charge in [-0.15, -0.1) is 0 Å². The van der Waals surface area contributed by atoms with Crippen LogP contribution in [0.15, 0.2) is 72.1 Å². The van der Waals surface area contributed by atoms with E-state index in [1.807, 2.05) is 12.1 Å². The van der Waals surface area contributed by atoms with Crippen molar-refractivity contribution in [3.05, 3.63) is 89.2 Å². The number of esters is 1. The molecule has 1 N–H and O–H groups in total. The van der Waals surface area contributed by atoms with E-state index in [1.54, 1.807) is 48.7 Å². The number of hydrogen-bond donors (Lipinski definition) is 1. The van der Waals surface area contributed by atoms with Crippen molar-refractivity contribution < 1.29 is 19.1 Å². The molecule has 2 aromatic carbocycles. The third-order valence-electron chi connectivity index (χ3n) is 4.29. The predicted molar refractivity (Wildman–Crippen MR) is 113 cm³/mol. The van der Waals surface area contributed by atoms with Crippen LogP contribution in [0, 0.1) is 0 Å². The van der Waals surface area contributed by atoms with Crippen LogP contribution < -0.4 is 14.9 Å². The summed E-state index contributed by atoms with van der Waals surface area (Å²) in [5.74, 6) is -0.215. The highest BCUT2D eigenvalue weighted by molar-refractivity contribution is 5.95. The molecule has 0 aliphatic heterocycles. The molecule has 0 aliphatic rings. The van der Waals surface area contributed by atoms with Crippen LogP contribution in [0.2, 0.25) is 0 Å². The summed E-state index contributed by atoms with van der Waals surface area (Å²) in [7, 11) is 1.47. The van der Waals surface area contributed by atoms with Gasteiger partial charge in [-0.3, -0.25) is 9.78 Å². The Morgan fingerprint density at radius 3 is 2.53 bits per heavy atom. The van der Waals surface area contributed by atoms with Crippen molar-refractivity contribution in [3.8, 4) is 11.5 Å². The summed E-state index contributed by atoms with van der Waals surface area (Å²) in [4.78, 5) is 28.3. The number of aryl methyl sites for hydroxylation is 1. The van der Waals surface area contributed by atoms with E-state index in [0.29, 0.717) is 22.4 Å². The molecule has 1 aromatic heterocycles. The molecular weight excluding hydrogens is 382 g/mol. The maximum Gasteiger partial charge on any atom is 0.345 e. The number of carbonyl (C=O) groups excluding carboxylic acids is 2. The Morgan fingerprint density at radius 1 is 1.07 bits per heavy atom. The van der Waals surface area contributed by atoms with E-state index in [0.717, 1.165) is 12.0 Å². The fourth-order valence-corrected chi connectivity index (χ4v) is 2.61. The van der Waals surface area contributed by atoms with Gasteiger partial charge in [-0.1, -0.05) is 19.1 Å². The zero-order valence-corrected chi connectivity index (χ0v) is 16.7. The molecule has 3 aromatic rings. The summed E-state index contributed by atoms with van der Waals surface area (Å²) in [6.45, 7) is 2.05. The lowest BCUT2D eigenvalue weighted by atomic mass is 10.1. The van der Waals surface area contributed by atoms with Crippen LogP contribution in [0.1, 0.15) is 38.8 Å². The number of ether oxygens (including phenoxy) is 2. The van der Waals surface area contributed by atoms with Crippen LogP contribution in [0.4, 0.5) is 0 Å². The molecule has 30 heavy (non-hydrogen) atoms.